The number of nitrogens with two attached hydrogens (primary N) is 1. The largest absolute Gasteiger partial charge is 0.393 e. The standard InChI is InChI=1S/C15H26N2S2/c1-12(2)17(11-13-7-5-10-19-13)9-6-8-15(3,4)14(16)18/h5,7,10,12H,6,8-9,11H2,1-4H3,(H2,16,18). The fourth-order valence-corrected chi connectivity index (χ4v) is 2.80. The second-order valence-electron chi connectivity index (χ2n) is 6.00. The van der Waals surface area contributed by atoms with E-state index in [1.165, 1.54) is 4.88 Å². The summed E-state index contributed by atoms with van der Waals surface area (Å²) in [5, 5.41) is 2.14. The molecule has 4 heteroatoms. The smallest absolute Gasteiger partial charge is 0.0784 e. The van der Waals surface area contributed by atoms with Crippen molar-refractivity contribution in [2.75, 3.05) is 6.54 Å². The highest BCUT2D eigenvalue weighted by Gasteiger charge is 2.21. The van der Waals surface area contributed by atoms with Crippen LogP contribution in [0.1, 0.15) is 45.4 Å². The molecule has 1 heterocycles. The Hall–Kier alpha value is -0.450. The predicted octanol–water partition coefficient (Wildman–Crippen LogP) is 4.05. The molecule has 108 valence electrons. The molecule has 0 bridgehead atoms. The molecule has 0 aromatic carbocycles. The summed E-state index contributed by atoms with van der Waals surface area (Å²) in [4.78, 5) is 4.57. The quantitative estimate of drug-likeness (QED) is 0.734. The highest BCUT2D eigenvalue weighted by atomic mass is 32.1. The number of hydrogen-bond acceptors (Lipinski definition) is 3. The molecule has 19 heavy (non-hydrogen) atoms. The van der Waals surface area contributed by atoms with Gasteiger partial charge in [0.25, 0.3) is 0 Å². The lowest BCUT2D eigenvalue weighted by Gasteiger charge is -2.28. The van der Waals surface area contributed by atoms with Crippen molar-refractivity contribution in [1.82, 2.24) is 4.90 Å². The van der Waals surface area contributed by atoms with Crippen molar-refractivity contribution in [2.24, 2.45) is 11.1 Å². The summed E-state index contributed by atoms with van der Waals surface area (Å²) in [6.07, 6.45) is 2.18. The normalized spacial score (nSPS) is 12.3. The Kier molecular flexibility index (Phi) is 6.43. The van der Waals surface area contributed by atoms with Gasteiger partial charge in [-0.3, -0.25) is 4.90 Å². The molecule has 0 aliphatic heterocycles. The lowest BCUT2D eigenvalue weighted by atomic mass is 9.88. The van der Waals surface area contributed by atoms with E-state index in [4.69, 9.17) is 18.0 Å². The molecule has 2 nitrogen and oxygen atoms in total. The van der Waals surface area contributed by atoms with E-state index >= 15 is 0 Å². The first-order valence-electron chi connectivity index (χ1n) is 6.89. The number of hydrogen-bond donors (Lipinski definition) is 1. The zero-order valence-electron chi connectivity index (χ0n) is 12.5. The van der Waals surface area contributed by atoms with Crippen LogP contribution < -0.4 is 5.73 Å². The Morgan fingerprint density at radius 2 is 2.16 bits per heavy atom. The summed E-state index contributed by atoms with van der Waals surface area (Å²) in [5.74, 6) is 0. The molecule has 0 radical (unpaired) electrons. The van der Waals surface area contributed by atoms with Gasteiger partial charge in [0.1, 0.15) is 0 Å². The van der Waals surface area contributed by atoms with Crippen LogP contribution in [0, 0.1) is 5.41 Å². The first kappa shape index (κ1) is 16.6. The highest BCUT2D eigenvalue weighted by molar-refractivity contribution is 7.80. The molecule has 0 saturated heterocycles. The number of thiocarbonyl (C=S) groups is 1. The van der Waals surface area contributed by atoms with Crippen LogP contribution in [-0.4, -0.2) is 22.5 Å². The Balaban J connectivity index is 2.45. The molecule has 0 aliphatic rings. The van der Waals surface area contributed by atoms with Gasteiger partial charge < -0.3 is 5.73 Å². The van der Waals surface area contributed by atoms with Crippen LogP contribution in [0.5, 0.6) is 0 Å². The number of thiophene rings is 1. The SMILES string of the molecule is CC(C)N(CCCC(C)(C)C(N)=S)Cc1cccs1. The van der Waals surface area contributed by atoms with Gasteiger partial charge in [0.05, 0.1) is 4.99 Å². The lowest BCUT2D eigenvalue weighted by molar-refractivity contribution is 0.204. The molecule has 1 rings (SSSR count). The van der Waals surface area contributed by atoms with E-state index < -0.39 is 0 Å². The molecule has 2 N–H and O–H groups in total. The average molecular weight is 299 g/mol. The number of nitrogens with zero attached hydrogens (tertiary/aromatic N) is 1. The Morgan fingerprint density at radius 3 is 2.63 bits per heavy atom. The summed E-state index contributed by atoms with van der Waals surface area (Å²) in [5.41, 5.74) is 5.75. The third-order valence-corrected chi connectivity index (χ3v) is 5.00. The molecule has 1 aromatic heterocycles. The highest BCUT2D eigenvalue weighted by Crippen LogP contribution is 2.23. The van der Waals surface area contributed by atoms with Crippen molar-refractivity contribution in [1.29, 1.82) is 0 Å². The molecule has 0 saturated carbocycles. The van der Waals surface area contributed by atoms with Crippen molar-refractivity contribution in [3.8, 4) is 0 Å². The van der Waals surface area contributed by atoms with E-state index in [2.05, 4.69) is 50.1 Å². The maximum atomic E-state index is 5.78. The maximum absolute atomic E-state index is 5.78. The summed E-state index contributed by atoms with van der Waals surface area (Å²) in [6, 6.07) is 4.89. The van der Waals surface area contributed by atoms with Gasteiger partial charge in [0.2, 0.25) is 0 Å². The van der Waals surface area contributed by atoms with Crippen LogP contribution in [0.3, 0.4) is 0 Å². The summed E-state index contributed by atoms with van der Waals surface area (Å²) in [7, 11) is 0. The van der Waals surface area contributed by atoms with Gasteiger partial charge in [0, 0.05) is 22.9 Å². The van der Waals surface area contributed by atoms with Gasteiger partial charge in [-0.2, -0.15) is 0 Å². The van der Waals surface area contributed by atoms with Crippen LogP contribution in [0.2, 0.25) is 0 Å². The fraction of sp³-hybridized carbons (Fsp3) is 0.667. The van der Waals surface area contributed by atoms with Crippen molar-refractivity contribution in [2.45, 2.75) is 53.1 Å². The Morgan fingerprint density at radius 1 is 1.47 bits per heavy atom. The first-order chi connectivity index (χ1) is 8.83. The minimum atomic E-state index is -0.0269. The van der Waals surface area contributed by atoms with Crippen molar-refractivity contribution in [3.05, 3.63) is 22.4 Å². The molecule has 0 spiro atoms. The number of rotatable bonds is 8. The van der Waals surface area contributed by atoms with E-state index in [0.29, 0.717) is 11.0 Å². The van der Waals surface area contributed by atoms with Crippen LogP contribution >= 0.6 is 23.6 Å². The topological polar surface area (TPSA) is 29.3 Å². The lowest BCUT2D eigenvalue weighted by Crippen LogP contribution is -2.34. The molecule has 1 aromatic rings. The molecular formula is C15H26N2S2. The van der Waals surface area contributed by atoms with Gasteiger partial charge in [-0.1, -0.05) is 32.1 Å². The van der Waals surface area contributed by atoms with E-state index in [-0.39, 0.29) is 5.41 Å². The van der Waals surface area contributed by atoms with Crippen LogP contribution in [0.4, 0.5) is 0 Å². The van der Waals surface area contributed by atoms with Gasteiger partial charge in [-0.05, 0) is 44.7 Å². The molecule has 0 amide bonds. The maximum Gasteiger partial charge on any atom is 0.0784 e. The van der Waals surface area contributed by atoms with Gasteiger partial charge in [-0.15, -0.1) is 11.3 Å². The third kappa shape index (κ3) is 5.59. The zero-order valence-corrected chi connectivity index (χ0v) is 14.1. The van der Waals surface area contributed by atoms with E-state index in [1.807, 2.05) is 11.3 Å². The molecule has 0 atom stereocenters. The molecule has 0 unspecified atom stereocenters. The second-order valence-corrected chi connectivity index (χ2v) is 7.47. The van der Waals surface area contributed by atoms with Crippen LogP contribution in [0.25, 0.3) is 0 Å². The minimum Gasteiger partial charge on any atom is -0.393 e. The van der Waals surface area contributed by atoms with Crippen LogP contribution in [-0.2, 0) is 6.54 Å². The van der Waals surface area contributed by atoms with Crippen molar-refractivity contribution >= 4 is 28.5 Å². The average Bonchev–Trinajstić information content (AvgIpc) is 2.79. The summed E-state index contributed by atoms with van der Waals surface area (Å²) in [6.45, 7) is 10.9. The van der Waals surface area contributed by atoms with E-state index in [1.54, 1.807) is 0 Å². The van der Waals surface area contributed by atoms with Crippen molar-refractivity contribution in [3.63, 3.8) is 0 Å². The minimum absolute atomic E-state index is 0.0269. The van der Waals surface area contributed by atoms with Gasteiger partial charge in [-0.25, -0.2) is 0 Å². The van der Waals surface area contributed by atoms with Gasteiger partial charge in [0.15, 0.2) is 0 Å². The summed E-state index contributed by atoms with van der Waals surface area (Å²) < 4.78 is 0. The van der Waals surface area contributed by atoms with Crippen molar-refractivity contribution < 1.29 is 0 Å². The van der Waals surface area contributed by atoms with E-state index in [0.717, 1.165) is 25.9 Å². The monoisotopic (exact) mass is 298 g/mol. The zero-order chi connectivity index (χ0) is 14.5. The second kappa shape index (κ2) is 7.36. The van der Waals surface area contributed by atoms with E-state index in [9.17, 15) is 0 Å². The predicted molar refractivity (Wildman–Crippen MR) is 89.7 cm³/mol. The fourth-order valence-electron chi connectivity index (χ4n) is 1.97. The molecule has 0 fully saturated rings. The van der Waals surface area contributed by atoms with Crippen LogP contribution in [0.15, 0.2) is 17.5 Å². The molecular weight excluding hydrogens is 272 g/mol. The summed E-state index contributed by atoms with van der Waals surface area (Å²) >= 11 is 6.95. The Bertz CT molecular complexity index is 383. The van der Waals surface area contributed by atoms with Gasteiger partial charge >= 0.3 is 0 Å². The third-order valence-electron chi connectivity index (χ3n) is 3.58. The Labute approximate surface area is 127 Å². The molecule has 0 aliphatic carbocycles. The first-order valence-corrected chi connectivity index (χ1v) is 8.18.